The minimum absolute atomic E-state index is 0.104. The SMILES string of the molecule is CCc1ccc([C@H]2c3c(oc4cc(C)c(C)cc4c3=O)C(=O)N2CCCN(C)C)cc1. The predicted molar refractivity (Wildman–Crippen MR) is 124 cm³/mol. The summed E-state index contributed by atoms with van der Waals surface area (Å²) in [6.07, 6.45) is 1.76. The Labute approximate surface area is 183 Å². The van der Waals surface area contributed by atoms with Gasteiger partial charge in [-0.2, -0.15) is 0 Å². The van der Waals surface area contributed by atoms with E-state index in [1.54, 1.807) is 4.90 Å². The zero-order valence-corrected chi connectivity index (χ0v) is 19.0. The van der Waals surface area contributed by atoms with Crippen molar-refractivity contribution in [2.24, 2.45) is 0 Å². The molecule has 2 aromatic carbocycles. The minimum Gasteiger partial charge on any atom is -0.450 e. The minimum atomic E-state index is -0.419. The topological polar surface area (TPSA) is 53.8 Å². The van der Waals surface area contributed by atoms with Crippen LogP contribution in [0.5, 0.6) is 0 Å². The molecule has 4 rings (SSSR count). The van der Waals surface area contributed by atoms with Crippen molar-refractivity contribution in [1.82, 2.24) is 9.80 Å². The molecule has 1 aromatic heterocycles. The number of carbonyl (C=O) groups excluding carboxylic acids is 1. The Bertz CT molecular complexity index is 1190. The number of hydrogen-bond donors (Lipinski definition) is 0. The summed E-state index contributed by atoms with van der Waals surface area (Å²) in [4.78, 5) is 30.9. The number of aryl methyl sites for hydroxylation is 3. The number of carbonyl (C=O) groups is 1. The van der Waals surface area contributed by atoms with Gasteiger partial charge in [-0.15, -0.1) is 0 Å². The molecule has 2 heterocycles. The van der Waals surface area contributed by atoms with E-state index in [2.05, 4.69) is 24.0 Å². The molecule has 0 fully saturated rings. The summed E-state index contributed by atoms with van der Waals surface area (Å²) < 4.78 is 6.09. The van der Waals surface area contributed by atoms with E-state index in [-0.39, 0.29) is 17.1 Å². The van der Waals surface area contributed by atoms with E-state index < -0.39 is 6.04 Å². The van der Waals surface area contributed by atoms with Crippen LogP contribution in [0.2, 0.25) is 0 Å². The summed E-state index contributed by atoms with van der Waals surface area (Å²) >= 11 is 0. The Morgan fingerprint density at radius 2 is 1.71 bits per heavy atom. The molecular formula is C26H30N2O3. The lowest BCUT2D eigenvalue weighted by Gasteiger charge is -2.26. The Hall–Kier alpha value is -2.92. The largest absolute Gasteiger partial charge is 0.450 e. The van der Waals surface area contributed by atoms with Crippen LogP contribution >= 0.6 is 0 Å². The van der Waals surface area contributed by atoms with Gasteiger partial charge in [0.1, 0.15) is 5.58 Å². The molecule has 0 spiro atoms. The molecule has 0 saturated carbocycles. The van der Waals surface area contributed by atoms with E-state index in [9.17, 15) is 9.59 Å². The van der Waals surface area contributed by atoms with E-state index in [0.717, 1.165) is 36.1 Å². The van der Waals surface area contributed by atoms with E-state index in [1.165, 1.54) is 5.56 Å². The molecule has 0 radical (unpaired) electrons. The van der Waals surface area contributed by atoms with E-state index >= 15 is 0 Å². The third kappa shape index (κ3) is 3.79. The van der Waals surface area contributed by atoms with Crippen molar-refractivity contribution in [2.45, 2.75) is 39.7 Å². The van der Waals surface area contributed by atoms with Gasteiger partial charge < -0.3 is 14.2 Å². The van der Waals surface area contributed by atoms with E-state index in [1.807, 2.05) is 52.2 Å². The zero-order valence-electron chi connectivity index (χ0n) is 19.0. The lowest BCUT2D eigenvalue weighted by Crippen LogP contribution is -2.32. The third-order valence-corrected chi connectivity index (χ3v) is 6.29. The quantitative estimate of drug-likeness (QED) is 0.593. The van der Waals surface area contributed by atoms with Gasteiger partial charge in [0.25, 0.3) is 5.91 Å². The number of rotatable bonds is 6. The summed E-state index contributed by atoms with van der Waals surface area (Å²) in [7, 11) is 4.04. The highest BCUT2D eigenvalue weighted by molar-refractivity contribution is 5.99. The van der Waals surface area contributed by atoms with Gasteiger partial charge in [-0.05, 0) is 81.7 Å². The molecule has 0 N–H and O–H groups in total. The number of hydrogen-bond acceptors (Lipinski definition) is 4. The maximum absolute atomic E-state index is 13.6. The van der Waals surface area contributed by atoms with Crippen LogP contribution in [0.25, 0.3) is 11.0 Å². The summed E-state index contributed by atoms with van der Waals surface area (Å²) in [6, 6.07) is 11.5. The molecule has 5 heteroatoms. The van der Waals surface area contributed by atoms with Crippen molar-refractivity contribution in [1.29, 1.82) is 0 Å². The molecule has 0 saturated heterocycles. The monoisotopic (exact) mass is 418 g/mol. The second-order valence-electron chi connectivity index (χ2n) is 8.76. The molecular weight excluding hydrogens is 388 g/mol. The van der Waals surface area contributed by atoms with E-state index in [0.29, 0.717) is 23.1 Å². The van der Waals surface area contributed by atoms with Crippen LogP contribution in [0.3, 0.4) is 0 Å². The smallest absolute Gasteiger partial charge is 0.290 e. The molecule has 1 aliphatic heterocycles. The van der Waals surface area contributed by atoms with Crippen LogP contribution in [0.1, 0.15) is 57.8 Å². The average Bonchev–Trinajstić information content (AvgIpc) is 3.02. The van der Waals surface area contributed by atoms with Crippen LogP contribution in [0.4, 0.5) is 0 Å². The standard InChI is InChI=1S/C26H30N2O3/c1-6-18-8-10-19(11-9-18)23-22-24(29)20-14-16(2)17(3)15-21(20)31-25(22)26(30)28(23)13-7-12-27(4)5/h8-11,14-15,23H,6-7,12-13H2,1-5H3/t23-/m0/s1. The molecule has 0 unspecified atom stereocenters. The van der Waals surface area contributed by atoms with Crippen molar-refractivity contribution >= 4 is 16.9 Å². The average molecular weight is 419 g/mol. The first-order chi connectivity index (χ1) is 14.8. The number of benzene rings is 2. The maximum atomic E-state index is 13.6. The van der Waals surface area contributed by atoms with Gasteiger partial charge in [0.2, 0.25) is 5.76 Å². The highest BCUT2D eigenvalue weighted by atomic mass is 16.3. The highest BCUT2D eigenvalue weighted by Crippen LogP contribution is 2.38. The second kappa shape index (κ2) is 8.31. The number of nitrogens with zero attached hydrogens (tertiary/aromatic N) is 2. The van der Waals surface area contributed by atoms with Crippen molar-refractivity contribution in [2.75, 3.05) is 27.2 Å². The first-order valence-electron chi connectivity index (χ1n) is 10.9. The van der Waals surface area contributed by atoms with Gasteiger partial charge in [0.15, 0.2) is 5.43 Å². The lowest BCUT2D eigenvalue weighted by molar-refractivity contribution is 0.0722. The molecule has 31 heavy (non-hydrogen) atoms. The first-order valence-corrected chi connectivity index (χ1v) is 10.9. The van der Waals surface area contributed by atoms with Crippen molar-refractivity contribution in [3.8, 4) is 0 Å². The second-order valence-corrected chi connectivity index (χ2v) is 8.76. The van der Waals surface area contributed by atoms with Crippen LogP contribution < -0.4 is 5.43 Å². The molecule has 5 nitrogen and oxygen atoms in total. The number of amides is 1. The molecule has 0 bridgehead atoms. The van der Waals surface area contributed by atoms with Gasteiger partial charge in [-0.25, -0.2) is 0 Å². The van der Waals surface area contributed by atoms with Crippen LogP contribution in [-0.4, -0.2) is 42.9 Å². The van der Waals surface area contributed by atoms with Crippen molar-refractivity contribution < 1.29 is 9.21 Å². The molecule has 1 aliphatic rings. The molecule has 0 aliphatic carbocycles. The van der Waals surface area contributed by atoms with E-state index in [4.69, 9.17) is 4.42 Å². The first kappa shape index (κ1) is 21.3. The summed E-state index contributed by atoms with van der Waals surface area (Å²) in [5.41, 5.74) is 5.10. The fourth-order valence-electron chi connectivity index (χ4n) is 4.35. The van der Waals surface area contributed by atoms with Gasteiger partial charge in [-0.1, -0.05) is 31.2 Å². The maximum Gasteiger partial charge on any atom is 0.290 e. The molecule has 1 amide bonds. The summed E-state index contributed by atoms with van der Waals surface area (Å²) in [5, 5.41) is 0.542. The normalized spacial score (nSPS) is 15.9. The molecule has 162 valence electrons. The van der Waals surface area contributed by atoms with Crippen molar-refractivity contribution in [3.05, 3.63) is 80.2 Å². The Morgan fingerprint density at radius 3 is 2.35 bits per heavy atom. The Balaban J connectivity index is 1.88. The van der Waals surface area contributed by atoms with Crippen LogP contribution in [0.15, 0.2) is 45.6 Å². The summed E-state index contributed by atoms with van der Waals surface area (Å²) in [6.45, 7) is 7.51. The lowest BCUT2D eigenvalue weighted by atomic mass is 9.96. The Morgan fingerprint density at radius 1 is 1.03 bits per heavy atom. The van der Waals surface area contributed by atoms with Crippen LogP contribution in [-0.2, 0) is 6.42 Å². The van der Waals surface area contributed by atoms with Gasteiger partial charge in [0.05, 0.1) is 17.0 Å². The zero-order chi connectivity index (χ0) is 22.3. The fraction of sp³-hybridized carbons (Fsp3) is 0.385. The van der Waals surface area contributed by atoms with Crippen molar-refractivity contribution in [3.63, 3.8) is 0 Å². The van der Waals surface area contributed by atoms with Gasteiger partial charge in [0, 0.05) is 6.54 Å². The van der Waals surface area contributed by atoms with Gasteiger partial charge >= 0.3 is 0 Å². The highest BCUT2D eigenvalue weighted by Gasteiger charge is 2.42. The predicted octanol–water partition coefficient (Wildman–Crippen LogP) is 4.47. The molecule has 1 atom stereocenters. The Kier molecular flexibility index (Phi) is 5.71. The summed E-state index contributed by atoms with van der Waals surface area (Å²) in [5.74, 6) is -0.00859. The van der Waals surface area contributed by atoms with Gasteiger partial charge in [-0.3, -0.25) is 9.59 Å². The molecule has 3 aromatic rings. The number of fused-ring (bicyclic) bond motifs is 2. The fourth-order valence-corrected chi connectivity index (χ4v) is 4.35. The third-order valence-electron chi connectivity index (χ3n) is 6.29. The van der Waals surface area contributed by atoms with Crippen LogP contribution in [0, 0.1) is 13.8 Å².